The van der Waals surface area contributed by atoms with Crippen LogP contribution in [0.4, 0.5) is 0 Å². The zero-order valence-corrected chi connectivity index (χ0v) is 16.2. The summed E-state index contributed by atoms with van der Waals surface area (Å²) < 4.78 is 0. The Kier molecular flexibility index (Phi) is 3.07. The molecule has 138 valence electrons. The molecule has 1 fully saturated rings. The van der Waals surface area contributed by atoms with Gasteiger partial charge in [0.15, 0.2) is 0 Å². The third-order valence-corrected chi connectivity index (χ3v) is 7.24. The number of nitrogens with zero attached hydrogens (tertiary/aromatic N) is 1. The first-order chi connectivity index (χ1) is 14.4. The summed E-state index contributed by atoms with van der Waals surface area (Å²) in [6, 6.07) is 28.6. The second-order valence-electron chi connectivity index (χ2n) is 8.68. The Balaban J connectivity index is 1.76. The van der Waals surface area contributed by atoms with Gasteiger partial charge in [-0.1, -0.05) is 78.9 Å². The number of aromatic nitrogens is 1. The van der Waals surface area contributed by atoms with Crippen molar-refractivity contribution >= 4 is 32.4 Å². The molecule has 29 heavy (non-hydrogen) atoms. The highest BCUT2D eigenvalue weighted by atomic mass is 14.7. The molecule has 0 spiro atoms. The van der Waals surface area contributed by atoms with E-state index in [0.29, 0.717) is 11.8 Å². The normalized spacial score (nSPS) is 20.0. The van der Waals surface area contributed by atoms with Gasteiger partial charge >= 0.3 is 0 Å². The smallest absolute Gasteiger partial charge is 0.0797 e. The van der Waals surface area contributed by atoms with E-state index in [0.717, 1.165) is 0 Å². The maximum atomic E-state index is 5.41. The minimum Gasteiger partial charge on any atom is -0.247 e. The van der Waals surface area contributed by atoms with Gasteiger partial charge in [-0.05, 0) is 58.4 Å². The van der Waals surface area contributed by atoms with E-state index in [2.05, 4.69) is 78.9 Å². The van der Waals surface area contributed by atoms with Crippen molar-refractivity contribution in [2.24, 2.45) is 0 Å². The fraction of sp³-hybridized carbons (Fsp3) is 0.179. The van der Waals surface area contributed by atoms with Crippen LogP contribution in [0.3, 0.4) is 0 Å². The van der Waals surface area contributed by atoms with E-state index in [9.17, 15) is 0 Å². The fourth-order valence-corrected chi connectivity index (χ4v) is 6.10. The predicted octanol–water partition coefficient (Wildman–Crippen LogP) is 7.57. The summed E-state index contributed by atoms with van der Waals surface area (Å²) in [6.07, 6.45) is 3.94. The lowest BCUT2D eigenvalue weighted by Gasteiger charge is -2.23. The Morgan fingerprint density at radius 1 is 0.586 bits per heavy atom. The molecule has 1 nitrogen and oxygen atoms in total. The molecule has 2 atom stereocenters. The van der Waals surface area contributed by atoms with Crippen molar-refractivity contribution in [1.29, 1.82) is 0 Å². The van der Waals surface area contributed by atoms with Gasteiger partial charge in [0, 0.05) is 16.3 Å². The average Bonchev–Trinajstić information content (AvgIpc) is 3.42. The van der Waals surface area contributed by atoms with Crippen molar-refractivity contribution in [2.45, 2.75) is 31.1 Å². The third-order valence-electron chi connectivity index (χ3n) is 7.24. The highest BCUT2D eigenvalue weighted by molar-refractivity contribution is 6.25. The van der Waals surface area contributed by atoms with Crippen molar-refractivity contribution in [1.82, 2.24) is 4.98 Å². The Hall–Kier alpha value is -3.19. The van der Waals surface area contributed by atoms with E-state index < -0.39 is 0 Å². The van der Waals surface area contributed by atoms with Crippen LogP contribution in [0.1, 0.15) is 42.2 Å². The monoisotopic (exact) mass is 371 g/mol. The van der Waals surface area contributed by atoms with Crippen LogP contribution < -0.4 is 0 Å². The molecule has 5 aromatic rings. The van der Waals surface area contributed by atoms with Crippen molar-refractivity contribution in [2.75, 3.05) is 0 Å². The van der Waals surface area contributed by atoms with E-state index in [1.54, 1.807) is 11.1 Å². The molecule has 0 amide bonds. The zero-order chi connectivity index (χ0) is 18.9. The summed E-state index contributed by atoms with van der Waals surface area (Å²) in [5.74, 6) is 1.36. The van der Waals surface area contributed by atoms with Crippen LogP contribution in [0.15, 0.2) is 78.9 Å². The van der Waals surface area contributed by atoms with Crippen LogP contribution in [-0.4, -0.2) is 4.98 Å². The first kappa shape index (κ1) is 15.7. The summed E-state index contributed by atoms with van der Waals surface area (Å²) in [5.41, 5.74) is 6.81. The minimum atomic E-state index is 0.673. The lowest BCUT2D eigenvalue weighted by molar-refractivity contribution is 0.721. The van der Waals surface area contributed by atoms with Crippen LogP contribution in [0.25, 0.3) is 43.7 Å². The van der Waals surface area contributed by atoms with Gasteiger partial charge in [0.1, 0.15) is 0 Å². The summed E-state index contributed by atoms with van der Waals surface area (Å²) in [7, 11) is 0. The number of hydrogen-bond acceptors (Lipinski definition) is 1. The van der Waals surface area contributed by atoms with Crippen molar-refractivity contribution in [3.8, 4) is 11.3 Å². The van der Waals surface area contributed by atoms with Crippen molar-refractivity contribution < 1.29 is 0 Å². The van der Waals surface area contributed by atoms with Crippen molar-refractivity contribution in [3.05, 3.63) is 90.0 Å². The van der Waals surface area contributed by atoms with Gasteiger partial charge in [-0.25, -0.2) is 4.98 Å². The third kappa shape index (κ3) is 2.03. The lowest BCUT2D eigenvalue weighted by atomic mass is 9.83. The maximum Gasteiger partial charge on any atom is 0.0797 e. The number of pyridine rings is 1. The molecular weight excluding hydrogens is 350 g/mol. The topological polar surface area (TPSA) is 12.9 Å². The zero-order valence-electron chi connectivity index (χ0n) is 16.2. The van der Waals surface area contributed by atoms with Gasteiger partial charge in [0.25, 0.3) is 0 Å². The molecule has 1 saturated carbocycles. The summed E-state index contributed by atoms with van der Waals surface area (Å²) >= 11 is 0. The van der Waals surface area contributed by atoms with Crippen LogP contribution in [-0.2, 0) is 0 Å². The van der Waals surface area contributed by atoms with Crippen LogP contribution in [0, 0.1) is 0 Å². The van der Waals surface area contributed by atoms with E-state index in [-0.39, 0.29) is 0 Å². The number of rotatable bonds is 1. The summed E-state index contributed by atoms with van der Waals surface area (Å²) in [6.45, 7) is 0. The molecule has 2 bridgehead atoms. The van der Waals surface area contributed by atoms with Crippen LogP contribution >= 0.6 is 0 Å². The Morgan fingerprint density at radius 2 is 1.17 bits per heavy atom. The molecule has 2 unspecified atom stereocenters. The maximum absolute atomic E-state index is 5.41. The molecule has 7 rings (SSSR count). The highest BCUT2D eigenvalue weighted by Crippen LogP contribution is 2.58. The standard InChI is InChI=1S/C28H21N/c1-2-8-17(9-3-1)27-25-19-15-14-18(16-19)24(25)26-22-12-6-4-10-20(22)21-11-5-7-13-23(21)28(26)29-27/h1-13,18-19H,14-16H2. The molecule has 4 aromatic carbocycles. The van der Waals surface area contributed by atoms with Gasteiger partial charge < -0.3 is 0 Å². The van der Waals surface area contributed by atoms with E-state index in [4.69, 9.17) is 4.98 Å². The number of benzene rings is 4. The second kappa shape index (κ2) is 5.67. The molecular formula is C28H21N. The van der Waals surface area contributed by atoms with Crippen molar-refractivity contribution in [3.63, 3.8) is 0 Å². The molecule has 2 aliphatic rings. The molecule has 1 heteroatoms. The fourth-order valence-electron chi connectivity index (χ4n) is 6.10. The van der Waals surface area contributed by atoms with Gasteiger partial charge in [-0.2, -0.15) is 0 Å². The number of fused-ring (bicyclic) bond motifs is 12. The van der Waals surface area contributed by atoms with Gasteiger partial charge in [-0.15, -0.1) is 0 Å². The molecule has 0 aliphatic heterocycles. The second-order valence-corrected chi connectivity index (χ2v) is 8.68. The Morgan fingerprint density at radius 3 is 1.93 bits per heavy atom. The van der Waals surface area contributed by atoms with Gasteiger partial charge in [0.2, 0.25) is 0 Å². The van der Waals surface area contributed by atoms with E-state index in [1.807, 2.05) is 0 Å². The molecule has 2 aliphatic carbocycles. The average molecular weight is 371 g/mol. The highest BCUT2D eigenvalue weighted by Gasteiger charge is 2.41. The Labute approximate surface area is 170 Å². The minimum absolute atomic E-state index is 0.673. The molecule has 1 heterocycles. The van der Waals surface area contributed by atoms with E-state index >= 15 is 0 Å². The predicted molar refractivity (Wildman–Crippen MR) is 122 cm³/mol. The summed E-state index contributed by atoms with van der Waals surface area (Å²) in [4.78, 5) is 5.41. The molecule has 1 aromatic heterocycles. The first-order valence-electron chi connectivity index (χ1n) is 10.7. The summed E-state index contributed by atoms with van der Waals surface area (Å²) in [5, 5.41) is 6.74. The lowest BCUT2D eigenvalue weighted by Crippen LogP contribution is -2.05. The first-order valence-corrected chi connectivity index (χ1v) is 10.7. The van der Waals surface area contributed by atoms with Crippen LogP contribution in [0.2, 0.25) is 0 Å². The largest absolute Gasteiger partial charge is 0.247 e. The number of hydrogen-bond donors (Lipinski definition) is 0. The van der Waals surface area contributed by atoms with Gasteiger partial charge in [-0.3, -0.25) is 0 Å². The quantitative estimate of drug-likeness (QED) is 0.277. The molecule has 0 saturated heterocycles. The Bertz CT molecular complexity index is 1430. The van der Waals surface area contributed by atoms with E-state index in [1.165, 1.54) is 63.0 Å². The molecule has 0 radical (unpaired) electrons. The SMILES string of the molecule is c1ccc(-c2nc3c4ccccc4c4ccccc4c3c3c2C2CCC3C2)cc1. The van der Waals surface area contributed by atoms with Gasteiger partial charge in [0.05, 0.1) is 11.2 Å². The van der Waals surface area contributed by atoms with Crippen LogP contribution in [0.5, 0.6) is 0 Å². The molecule has 0 N–H and O–H groups in total.